The van der Waals surface area contributed by atoms with Crippen LogP contribution in [0.15, 0.2) is 18.2 Å². The summed E-state index contributed by atoms with van der Waals surface area (Å²) in [7, 11) is 0. The second-order valence-electron chi connectivity index (χ2n) is 5.47. The molecular formula is C14H19ClF2N2. The van der Waals surface area contributed by atoms with E-state index in [4.69, 9.17) is 0 Å². The molecule has 0 aromatic heterocycles. The minimum Gasteiger partial charge on any atom is -0.316 e. The number of likely N-dealkylation sites (tertiary alicyclic amines) is 1. The van der Waals surface area contributed by atoms with Crippen LogP contribution in [0.1, 0.15) is 18.5 Å². The Balaban J connectivity index is 0.00000133. The first-order chi connectivity index (χ1) is 8.65. The third-order valence-corrected chi connectivity index (χ3v) is 4.37. The van der Waals surface area contributed by atoms with E-state index in [0.29, 0.717) is 17.4 Å². The predicted octanol–water partition coefficient (Wildman–Crippen LogP) is 2.60. The molecule has 2 aliphatic heterocycles. The molecule has 0 radical (unpaired) electrons. The molecule has 1 aromatic rings. The summed E-state index contributed by atoms with van der Waals surface area (Å²) < 4.78 is 27.0. The van der Waals surface area contributed by atoms with Gasteiger partial charge in [-0.15, -0.1) is 12.4 Å². The summed E-state index contributed by atoms with van der Waals surface area (Å²) in [5.74, 6) is 0.673. The van der Waals surface area contributed by atoms with E-state index in [-0.39, 0.29) is 30.1 Å². The molecular weight excluding hydrogens is 270 g/mol. The fourth-order valence-electron chi connectivity index (χ4n) is 3.24. The van der Waals surface area contributed by atoms with Crippen LogP contribution in [0, 0.1) is 23.5 Å². The molecule has 19 heavy (non-hydrogen) atoms. The normalized spacial score (nSPS) is 27.9. The number of halogens is 3. The van der Waals surface area contributed by atoms with Crippen LogP contribution in [-0.4, -0.2) is 31.1 Å². The van der Waals surface area contributed by atoms with Crippen molar-refractivity contribution in [3.8, 4) is 0 Å². The number of benzene rings is 1. The molecule has 2 aliphatic rings. The Morgan fingerprint density at radius 2 is 1.84 bits per heavy atom. The molecule has 3 rings (SSSR count). The molecule has 2 nitrogen and oxygen atoms in total. The molecule has 0 amide bonds. The van der Waals surface area contributed by atoms with Crippen molar-refractivity contribution in [3.63, 3.8) is 0 Å². The average Bonchev–Trinajstić information content (AvgIpc) is 2.91. The van der Waals surface area contributed by atoms with Gasteiger partial charge >= 0.3 is 0 Å². The fraction of sp³-hybridized carbons (Fsp3) is 0.571. The van der Waals surface area contributed by atoms with Crippen LogP contribution in [-0.2, 0) is 0 Å². The van der Waals surface area contributed by atoms with Gasteiger partial charge in [0, 0.05) is 24.7 Å². The Morgan fingerprint density at radius 1 is 1.21 bits per heavy atom. The minimum atomic E-state index is -0.362. The summed E-state index contributed by atoms with van der Waals surface area (Å²) in [4.78, 5) is 2.27. The highest BCUT2D eigenvalue weighted by molar-refractivity contribution is 5.85. The second-order valence-corrected chi connectivity index (χ2v) is 5.47. The quantitative estimate of drug-likeness (QED) is 0.900. The van der Waals surface area contributed by atoms with Gasteiger partial charge in [0.1, 0.15) is 11.6 Å². The molecule has 3 atom stereocenters. The standard InChI is InChI=1S/C14H18F2N2.ClH/c1-9(13-4-12(15)2-3-14(13)16)18-7-10-5-17-6-11(10)8-18;/h2-4,9-11,17H,5-8H2,1H3;1H/t9?,10-,11+;. The van der Waals surface area contributed by atoms with E-state index in [1.54, 1.807) is 0 Å². The van der Waals surface area contributed by atoms with E-state index in [2.05, 4.69) is 10.2 Å². The maximum Gasteiger partial charge on any atom is 0.128 e. The molecule has 5 heteroatoms. The van der Waals surface area contributed by atoms with Crippen molar-refractivity contribution in [2.45, 2.75) is 13.0 Å². The van der Waals surface area contributed by atoms with Crippen molar-refractivity contribution in [3.05, 3.63) is 35.4 Å². The van der Waals surface area contributed by atoms with Gasteiger partial charge in [0.25, 0.3) is 0 Å². The maximum absolute atomic E-state index is 13.8. The Bertz CT molecular complexity index is 443. The zero-order valence-electron chi connectivity index (χ0n) is 10.9. The van der Waals surface area contributed by atoms with E-state index in [0.717, 1.165) is 26.2 Å². The van der Waals surface area contributed by atoms with Crippen LogP contribution < -0.4 is 5.32 Å². The molecule has 2 heterocycles. The highest BCUT2D eigenvalue weighted by atomic mass is 35.5. The van der Waals surface area contributed by atoms with Crippen LogP contribution in [0.3, 0.4) is 0 Å². The van der Waals surface area contributed by atoms with E-state index in [1.807, 2.05) is 6.92 Å². The first-order valence-corrected chi connectivity index (χ1v) is 6.55. The third-order valence-electron chi connectivity index (χ3n) is 4.37. The molecule has 1 unspecified atom stereocenters. The van der Waals surface area contributed by atoms with Crippen molar-refractivity contribution < 1.29 is 8.78 Å². The fourth-order valence-corrected chi connectivity index (χ4v) is 3.24. The Hall–Kier alpha value is -0.710. The van der Waals surface area contributed by atoms with Gasteiger partial charge in [-0.3, -0.25) is 4.90 Å². The van der Waals surface area contributed by atoms with Crippen molar-refractivity contribution in [2.75, 3.05) is 26.2 Å². The van der Waals surface area contributed by atoms with Crippen LogP contribution in [0.5, 0.6) is 0 Å². The number of rotatable bonds is 2. The minimum absolute atomic E-state index is 0. The molecule has 0 aliphatic carbocycles. The number of hydrogen-bond acceptors (Lipinski definition) is 2. The molecule has 0 saturated carbocycles. The maximum atomic E-state index is 13.8. The van der Waals surface area contributed by atoms with Gasteiger partial charge in [0.15, 0.2) is 0 Å². The van der Waals surface area contributed by atoms with E-state index < -0.39 is 0 Å². The molecule has 0 bridgehead atoms. The zero-order valence-corrected chi connectivity index (χ0v) is 11.7. The van der Waals surface area contributed by atoms with Gasteiger partial charge in [-0.1, -0.05) is 0 Å². The van der Waals surface area contributed by atoms with E-state index in [1.165, 1.54) is 18.2 Å². The molecule has 0 spiro atoms. The Morgan fingerprint density at radius 3 is 2.47 bits per heavy atom. The van der Waals surface area contributed by atoms with E-state index in [9.17, 15) is 8.78 Å². The van der Waals surface area contributed by atoms with Gasteiger partial charge in [0.05, 0.1) is 0 Å². The lowest BCUT2D eigenvalue weighted by Crippen LogP contribution is -2.29. The Labute approximate surface area is 118 Å². The highest BCUT2D eigenvalue weighted by Gasteiger charge is 2.38. The third kappa shape index (κ3) is 2.76. The van der Waals surface area contributed by atoms with Crippen molar-refractivity contribution >= 4 is 12.4 Å². The SMILES string of the molecule is CC(c1cc(F)ccc1F)N1C[C@H]2CNC[C@H]2C1.Cl. The number of nitrogens with one attached hydrogen (secondary N) is 1. The number of nitrogens with zero attached hydrogens (tertiary/aromatic N) is 1. The average molecular weight is 289 g/mol. The predicted molar refractivity (Wildman–Crippen MR) is 73.4 cm³/mol. The van der Waals surface area contributed by atoms with Crippen molar-refractivity contribution in [2.24, 2.45) is 11.8 Å². The summed E-state index contributed by atoms with van der Waals surface area (Å²) in [6.07, 6.45) is 0. The molecule has 106 valence electrons. The molecule has 1 aromatic carbocycles. The summed E-state index contributed by atoms with van der Waals surface area (Å²) >= 11 is 0. The smallest absolute Gasteiger partial charge is 0.128 e. The van der Waals surface area contributed by atoms with Gasteiger partial charge in [-0.25, -0.2) is 8.78 Å². The van der Waals surface area contributed by atoms with Crippen molar-refractivity contribution in [1.82, 2.24) is 10.2 Å². The van der Waals surface area contributed by atoms with Gasteiger partial charge in [0.2, 0.25) is 0 Å². The molecule has 2 saturated heterocycles. The lowest BCUT2D eigenvalue weighted by molar-refractivity contribution is 0.238. The monoisotopic (exact) mass is 288 g/mol. The molecule has 2 fully saturated rings. The highest BCUT2D eigenvalue weighted by Crippen LogP contribution is 2.33. The first kappa shape index (κ1) is 14.7. The number of hydrogen-bond donors (Lipinski definition) is 1. The Kier molecular flexibility index (Phi) is 4.43. The van der Waals surface area contributed by atoms with Crippen molar-refractivity contribution in [1.29, 1.82) is 0 Å². The zero-order chi connectivity index (χ0) is 12.7. The van der Waals surface area contributed by atoms with Gasteiger partial charge in [-0.05, 0) is 50.0 Å². The summed E-state index contributed by atoms with van der Waals surface area (Å²) in [6, 6.07) is 3.67. The molecule has 1 N–H and O–H groups in total. The lowest BCUT2D eigenvalue weighted by atomic mass is 10.0. The van der Waals surface area contributed by atoms with E-state index >= 15 is 0 Å². The lowest BCUT2D eigenvalue weighted by Gasteiger charge is -2.25. The van der Waals surface area contributed by atoms with Crippen LogP contribution in [0.2, 0.25) is 0 Å². The van der Waals surface area contributed by atoms with Crippen LogP contribution in [0.25, 0.3) is 0 Å². The van der Waals surface area contributed by atoms with Gasteiger partial charge in [-0.2, -0.15) is 0 Å². The topological polar surface area (TPSA) is 15.3 Å². The van der Waals surface area contributed by atoms with Crippen LogP contribution in [0.4, 0.5) is 8.78 Å². The largest absolute Gasteiger partial charge is 0.316 e. The van der Waals surface area contributed by atoms with Crippen LogP contribution >= 0.6 is 12.4 Å². The number of fused-ring (bicyclic) bond motifs is 1. The summed E-state index contributed by atoms with van der Waals surface area (Å²) in [6.45, 7) is 6.04. The second kappa shape index (κ2) is 5.73. The van der Waals surface area contributed by atoms with Gasteiger partial charge < -0.3 is 5.32 Å². The summed E-state index contributed by atoms with van der Waals surface area (Å²) in [5, 5.41) is 3.38. The first-order valence-electron chi connectivity index (χ1n) is 6.55. The summed E-state index contributed by atoms with van der Waals surface area (Å²) in [5.41, 5.74) is 0.475.